The Kier molecular flexibility index (Phi) is 4.32. The van der Waals surface area contributed by atoms with Crippen LogP contribution in [0.15, 0.2) is 33.5 Å². The Bertz CT molecular complexity index is 1000. The maximum Gasteiger partial charge on any atom is 0.420 e. The van der Waals surface area contributed by atoms with Crippen LogP contribution in [0.2, 0.25) is 0 Å². The lowest BCUT2D eigenvalue weighted by Crippen LogP contribution is -2.34. The monoisotopic (exact) mass is 355 g/mol. The molecule has 1 amide bonds. The normalized spacial score (nSPS) is 15.4. The van der Waals surface area contributed by atoms with Gasteiger partial charge in [0.2, 0.25) is 5.91 Å². The van der Waals surface area contributed by atoms with E-state index in [9.17, 15) is 9.59 Å². The highest BCUT2D eigenvalue weighted by molar-refractivity contribution is 5.82. The number of nitrogens with one attached hydrogen (secondary N) is 1. The molecule has 8 nitrogen and oxygen atoms in total. The minimum atomic E-state index is -0.683. The van der Waals surface area contributed by atoms with Crippen LogP contribution in [0.3, 0.4) is 0 Å². The smallest absolute Gasteiger partial charge is 0.408 e. The van der Waals surface area contributed by atoms with Crippen LogP contribution in [-0.4, -0.2) is 25.2 Å². The van der Waals surface area contributed by atoms with Crippen LogP contribution < -0.4 is 11.1 Å². The summed E-state index contributed by atoms with van der Waals surface area (Å²) in [6.45, 7) is 2.86. The van der Waals surface area contributed by atoms with Gasteiger partial charge in [-0.25, -0.2) is 4.79 Å². The SMILES string of the molecule is CC(C(=O)NCc1nnc2n1CCCCC2)n1c(=O)oc2ccccc21. The second-order valence-corrected chi connectivity index (χ2v) is 6.59. The topological polar surface area (TPSA) is 95.0 Å². The van der Waals surface area contributed by atoms with Crippen molar-refractivity contribution in [2.45, 2.75) is 51.7 Å². The third-order valence-corrected chi connectivity index (χ3v) is 4.89. The Morgan fingerprint density at radius 1 is 1.27 bits per heavy atom. The molecule has 1 unspecified atom stereocenters. The van der Waals surface area contributed by atoms with Crippen LogP contribution in [-0.2, 0) is 24.3 Å². The minimum absolute atomic E-state index is 0.260. The van der Waals surface area contributed by atoms with Crippen molar-refractivity contribution in [3.8, 4) is 0 Å². The summed E-state index contributed by atoms with van der Waals surface area (Å²) >= 11 is 0. The van der Waals surface area contributed by atoms with Gasteiger partial charge in [-0.1, -0.05) is 18.6 Å². The molecule has 0 spiro atoms. The molecule has 26 heavy (non-hydrogen) atoms. The molecule has 0 saturated heterocycles. The van der Waals surface area contributed by atoms with Crippen LogP contribution in [0.25, 0.3) is 11.1 Å². The summed E-state index contributed by atoms with van der Waals surface area (Å²) in [6.07, 6.45) is 4.33. The fraction of sp³-hybridized carbons (Fsp3) is 0.444. The average Bonchev–Trinajstić information content (AvgIpc) is 3.09. The zero-order valence-electron chi connectivity index (χ0n) is 14.6. The first kappa shape index (κ1) is 16.6. The summed E-state index contributed by atoms with van der Waals surface area (Å²) in [5, 5.41) is 11.3. The maximum atomic E-state index is 12.6. The van der Waals surface area contributed by atoms with Crippen molar-refractivity contribution in [3.63, 3.8) is 0 Å². The molecule has 1 aliphatic rings. The first-order chi connectivity index (χ1) is 12.6. The van der Waals surface area contributed by atoms with E-state index in [2.05, 4.69) is 20.1 Å². The predicted molar refractivity (Wildman–Crippen MR) is 94.6 cm³/mol. The zero-order valence-corrected chi connectivity index (χ0v) is 14.6. The van der Waals surface area contributed by atoms with E-state index in [1.165, 1.54) is 11.0 Å². The van der Waals surface area contributed by atoms with Gasteiger partial charge < -0.3 is 14.3 Å². The number of carbonyl (C=O) groups is 1. The Morgan fingerprint density at radius 2 is 2.12 bits per heavy atom. The van der Waals surface area contributed by atoms with Crippen molar-refractivity contribution in [1.82, 2.24) is 24.6 Å². The molecule has 136 valence electrons. The van der Waals surface area contributed by atoms with Gasteiger partial charge in [-0.3, -0.25) is 9.36 Å². The van der Waals surface area contributed by atoms with Crippen molar-refractivity contribution in [2.24, 2.45) is 0 Å². The van der Waals surface area contributed by atoms with E-state index in [0.29, 0.717) is 17.6 Å². The highest BCUT2D eigenvalue weighted by atomic mass is 16.4. The zero-order chi connectivity index (χ0) is 18.1. The molecule has 0 radical (unpaired) electrons. The Morgan fingerprint density at radius 3 is 3.00 bits per heavy atom. The summed E-state index contributed by atoms with van der Waals surface area (Å²) in [6, 6.07) is 6.39. The van der Waals surface area contributed by atoms with Crippen LogP contribution in [0.1, 0.15) is 43.9 Å². The molecule has 0 saturated carbocycles. The lowest BCUT2D eigenvalue weighted by atomic mass is 10.2. The number of aryl methyl sites for hydroxylation is 1. The van der Waals surface area contributed by atoms with E-state index in [1.807, 2.05) is 6.07 Å². The molecule has 1 aromatic carbocycles. The number of hydrogen-bond acceptors (Lipinski definition) is 5. The first-order valence-corrected chi connectivity index (χ1v) is 8.94. The molecule has 0 fully saturated rings. The number of amides is 1. The fourth-order valence-electron chi connectivity index (χ4n) is 3.46. The number of fused-ring (bicyclic) bond motifs is 2. The van der Waals surface area contributed by atoms with Gasteiger partial charge in [0, 0.05) is 13.0 Å². The van der Waals surface area contributed by atoms with Gasteiger partial charge in [-0.05, 0) is 31.9 Å². The molecule has 0 aliphatic carbocycles. The number of nitrogens with zero attached hydrogens (tertiary/aromatic N) is 4. The summed E-state index contributed by atoms with van der Waals surface area (Å²) in [5.41, 5.74) is 1.08. The highest BCUT2D eigenvalue weighted by Crippen LogP contribution is 2.17. The molecule has 1 atom stereocenters. The molecule has 1 aliphatic heterocycles. The van der Waals surface area contributed by atoms with Crippen molar-refractivity contribution >= 4 is 17.0 Å². The maximum absolute atomic E-state index is 12.6. The number of carbonyl (C=O) groups excluding carboxylic acids is 1. The van der Waals surface area contributed by atoms with E-state index in [-0.39, 0.29) is 5.91 Å². The second-order valence-electron chi connectivity index (χ2n) is 6.59. The molecular formula is C18H21N5O3. The van der Waals surface area contributed by atoms with Gasteiger partial charge in [-0.15, -0.1) is 10.2 Å². The van der Waals surface area contributed by atoms with Crippen molar-refractivity contribution in [3.05, 3.63) is 46.5 Å². The van der Waals surface area contributed by atoms with Crippen LogP contribution in [0.4, 0.5) is 0 Å². The van der Waals surface area contributed by atoms with Crippen molar-refractivity contribution < 1.29 is 9.21 Å². The van der Waals surface area contributed by atoms with Gasteiger partial charge >= 0.3 is 5.76 Å². The first-order valence-electron chi connectivity index (χ1n) is 8.94. The number of aromatic nitrogens is 4. The minimum Gasteiger partial charge on any atom is -0.408 e. The molecule has 1 N–H and O–H groups in total. The molecule has 3 aromatic rings. The van der Waals surface area contributed by atoms with Gasteiger partial charge in [0.25, 0.3) is 0 Å². The van der Waals surface area contributed by atoms with E-state index < -0.39 is 11.8 Å². The average molecular weight is 355 g/mol. The predicted octanol–water partition coefficient (Wildman–Crippen LogP) is 1.79. The van der Waals surface area contributed by atoms with Crippen LogP contribution >= 0.6 is 0 Å². The Hall–Kier alpha value is -2.90. The molecule has 2 aromatic heterocycles. The van der Waals surface area contributed by atoms with E-state index in [1.54, 1.807) is 25.1 Å². The fourth-order valence-corrected chi connectivity index (χ4v) is 3.46. The van der Waals surface area contributed by atoms with Gasteiger partial charge in [0.05, 0.1) is 12.1 Å². The van der Waals surface area contributed by atoms with E-state index in [0.717, 1.165) is 37.5 Å². The Balaban J connectivity index is 1.51. The molecular weight excluding hydrogens is 334 g/mol. The number of hydrogen-bond donors (Lipinski definition) is 1. The molecule has 8 heteroatoms. The standard InChI is InChI=1S/C18H21N5O3/c1-12(23-13-7-4-5-8-14(13)26-18(23)25)17(24)19-11-16-21-20-15-9-3-2-6-10-22(15)16/h4-5,7-8,12H,2-3,6,9-11H2,1H3,(H,19,24). The molecule has 4 rings (SSSR count). The summed E-state index contributed by atoms with van der Waals surface area (Å²) in [4.78, 5) is 24.7. The van der Waals surface area contributed by atoms with E-state index >= 15 is 0 Å². The lowest BCUT2D eigenvalue weighted by molar-refractivity contribution is -0.124. The number of benzene rings is 1. The summed E-state index contributed by atoms with van der Waals surface area (Å²) in [7, 11) is 0. The highest BCUT2D eigenvalue weighted by Gasteiger charge is 2.22. The van der Waals surface area contributed by atoms with Crippen LogP contribution in [0, 0.1) is 0 Å². The quantitative estimate of drug-likeness (QED) is 0.770. The second kappa shape index (κ2) is 6.78. The summed E-state index contributed by atoms with van der Waals surface area (Å²) < 4.78 is 8.67. The van der Waals surface area contributed by atoms with Gasteiger partial charge in [0.1, 0.15) is 11.9 Å². The van der Waals surface area contributed by atoms with Crippen molar-refractivity contribution in [1.29, 1.82) is 0 Å². The molecule has 0 bridgehead atoms. The summed E-state index contributed by atoms with van der Waals surface area (Å²) in [5.74, 6) is 0.943. The van der Waals surface area contributed by atoms with Gasteiger partial charge in [-0.2, -0.15) is 0 Å². The van der Waals surface area contributed by atoms with Gasteiger partial charge in [0.15, 0.2) is 11.4 Å². The largest absolute Gasteiger partial charge is 0.420 e. The van der Waals surface area contributed by atoms with Crippen LogP contribution in [0.5, 0.6) is 0 Å². The number of oxazole rings is 1. The Labute approximate surface area is 149 Å². The van der Waals surface area contributed by atoms with Crippen molar-refractivity contribution in [2.75, 3.05) is 0 Å². The third kappa shape index (κ3) is 2.91. The number of para-hydroxylation sites is 2. The molecule has 3 heterocycles. The third-order valence-electron chi connectivity index (χ3n) is 4.89. The lowest BCUT2D eigenvalue weighted by Gasteiger charge is -2.13. The van der Waals surface area contributed by atoms with E-state index in [4.69, 9.17) is 4.42 Å². The number of rotatable bonds is 4.